The zero-order valence-electron chi connectivity index (χ0n) is 21.6. The number of aromatic nitrogens is 4. The van der Waals surface area contributed by atoms with E-state index in [2.05, 4.69) is 20.9 Å². The third-order valence-corrected chi connectivity index (χ3v) is 7.81. The molecule has 2 aliphatic heterocycles. The average molecular weight is 499 g/mol. The fourth-order valence-electron chi connectivity index (χ4n) is 5.80. The molecule has 0 spiro atoms. The fourth-order valence-corrected chi connectivity index (χ4v) is 5.80. The number of hydrogen-bond donors (Lipinski definition) is 1. The molecule has 2 fully saturated rings. The number of rotatable bonds is 5. The van der Waals surface area contributed by atoms with Crippen LogP contribution in [0.5, 0.6) is 5.75 Å². The van der Waals surface area contributed by atoms with Crippen molar-refractivity contribution in [1.29, 1.82) is 0 Å². The molecule has 0 radical (unpaired) electrons. The molecule has 192 valence electrons. The van der Waals surface area contributed by atoms with Crippen molar-refractivity contribution >= 4 is 33.8 Å². The summed E-state index contributed by atoms with van der Waals surface area (Å²) >= 11 is 0. The number of piperidine rings is 2. The maximum absolute atomic E-state index is 13.5. The smallest absolute Gasteiger partial charge is 0.227 e. The molecule has 1 amide bonds. The molecule has 1 atom stereocenters. The first-order valence-electron chi connectivity index (χ1n) is 13.5. The minimum absolute atomic E-state index is 0.0172. The number of H-pyrrole nitrogens is 1. The summed E-state index contributed by atoms with van der Waals surface area (Å²) in [5, 5.41) is 1.01. The number of nitrogens with zero attached hydrogens (tertiary/aromatic N) is 5. The Morgan fingerprint density at radius 1 is 1.03 bits per heavy atom. The summed E-state index contributed by atoms with van der Waals surface area (Å²) in [4.78, 5) is 35.7. The lowest BCUT2D eigenvalue weighted by molar-refractivity contribution is -0.136. The van der Waals surface area contributed by atoms with Gasteiger partial charge in [0, 0.05) is 37.5 Å². The molecule has 2 saturated heterocycles. The van der Waals surface area contributed by atoms with Gasteiger partial charge in [-0.3, -0.25) is 4.79 Å². The van der Waals surface area contributed by atoms with Gasteiger partial charge < -0.3 is 19.5 Å². The highest BCUT2D eigenvalue weighted by Gasteiger charge is 2.33. The Bertz CT molecular complexity index is 1390. The maximum Gasteiger partial charge on any atom is 0.227 e. The van der Waals surface area contributed by atoms with Crippen LogP contribution in [0.1, 0.15) is 50.0 Å². The molecule has 2 aromatic heterocycles. The lowest BCUT2D eigenvalue weighted by Gasteiger charge is -2.37. The van der Waals surface area contributed by atoms with Crippen LogP contribution in [0.2, 0.25) is 0 Å². The number of ether oxygens (including phenoxy) is 1. The Morgan fingerprint density at radius 2 is 1.86 bits per heavy atom. The molecular formula is C29H34N6O2. The Hall–Kier alpha value is -3.68. The SMILES string of the molecule is CCOc1ccc2nc(N3CCCC(C(=O)N4CCC(c5nc6ccccc6[nH]5)CC4)C3)nc(C)c2c1. The standard InChI is InChI=1S/C29H34N6O2/c1-3-37-22-10-11-24-23(17-22)19(2)30-29(33-24)35-14-6-7-21(18-35)28(36)34-15-12-20(13-16-34)27-31-25-8-4-5-9-26(25)32-27/h4-5,8-11,17,20-21H,3,6-7,12-16,18H2,1-2H3,(H,31,32). The normalized spacial score (nSPS) is 19.0. The number of aromatic amines is 1. The van der Waals surface area contributed by atoms with E-state index in [4.69, 9.17) is 19.7 Å². The molecule has 2 aromatic carbocycles. The zero-order valence-corrected chi connectivity index (χ0v) is 21.6. The molecule has 1 N–H and O–H groups in total. The van der Waals surface area contributed by atoms with Crippen molar-refractivity contribution in [3.05, 3.63) is 54.0 Å². The summed E-state index contributed by atoms with van der Waals surface area (Å²) in [6.45, 7) is 7.74. The van der Waals surface area contributed by atoms with Gasteiger partial charge in [0.15, 0.2) is 0 Å². The molecule has 8 heteroatoms. The number of anilines is 1. The molecule has 6 rings (SSSR count). The maximum atomic E-state index is 13.5. The van der Waals surface area contributed by atoms with E-state index in [0.717, 1.165) is 90.5 Å². The van der Waals surface area contributed by atoms with E-state index in [0.29, 0.717) is 19.1 Å². The highest BCUT2D eigenvalue weighted by molar-refractivity contribution is 5.84. The summed E-state index contributed by atoms with van der Waals surface area (Å²) in [7, 11) is 0. The van der Waals surface area contributed by atoms with Crippen LogP contribution in [0.25, 0.3) is 21.9 Å². The summed E-state index contributed by atoms with van der Waals surface area (Å²) in [5.74, 6) is 3.23. The number of aryl methyl sites for hydroxylation is 1. The van der Waals surface area contributed by atoms with E-state index >= 15 is 0 Å². The number of nitrogens with one attached hydrogen (secondary N) is 1. The number of imidazole rings is 1. The van der Waals surface area contributed by atoms with Gasteiger partial charge in [-0.25, -0.2) is 15.0 Å². The van der Waals surface area contributed by atoms with Gasteiger partial charge in [-0.05, 0) is 69.9 Å². The number of carbonyl (C=O) groups is 1. The number of fused-ring (bicyclic) bond motifs is 2. The van der Waals surface area contributed by atoms with E-state index in [1.807, 2.05) is 50.2 Å². The fraction of sp³-hybridized carbons (Fsp3) is 0.448. The van der Waals surface area contributed by atoms with Crippen molar-refractivity contribution in [3.8, 4) is 5.75 Å². The van der Waals surface area contributed by atoms with Crippen molar-refractivity contribution in [1.82, 2.24) is 24.8 Å². The quantitative estimate of drug-likeness (QED) is 0.424. The van der Waals surface area contributed by atoms with Crippen LogP contribution in [0.15, 0.2) is 42.5 Å². The van der Waals surface area contributed by atoms with Crippen molar-refractivity contribution in [3.63, 3.8) is 0 Å². The van der Waals surface area contributed by atoms with Gasteiger partial charge >= 0.3 is 0 Å². The van der Waals surface area contributed by atoms with Crippen LogP contribution >= 0.6 is 0 Å². The molecular weight excluding hydrogens is 464 g/mol. The Kier molecular flexibility index (Phi) is 6.40. The molecule has 0 aliphatic carbocycles. The van der Waals surface area contributed by atoms with Gasteiger partial charge in [-0.1, -0.05) is 12.1 Å². The second-order valence-electron chi connectivity index (χ2n) is 10.2. The predicted molar refractivity (Wildman–Crippen MR) is 145 cm³/mol. The first-order chi connectivity index (χ1) is 18.1. The molecule has 1 unspecified atom stereocenters. The van der Waals surface area contributed by atoms with Crippen molar-refractivity contribution < 1.29 is 9.53 Å². The topological polar surface area (TPSA) is 87.2 Å². The monoisotopic (exact) mass is 498 g/mol. The largest absolute Gasteiger partial charge is 0.494 e. The number of amides is 1. The third kappa shape index (κ3) is 4.72. The van der Waals surface area contributed by atoms with E-state index in [1.165, 1.54) is 0 Å². The molecule has 0 bridgehead atoms. The summed E-state index contributed by atoms with van der Waals surface area (Å²) < 4.78 is 5.65. The number of para-hydroxylation sites is 2. The van der Waals surface area contributed by atoms with Gasteiger partial charge in [0.1, 0.15) is 11.6 Å². The second-order valence-corrected chi connectivity index (χ2v) is 10.2. The van der Waals surface area contributed by atoms with Crippen LogP contribution in [-0.4, -0.2) is 63.5 Å². The molecule has 4 heterocycles. The third-order valence-electron chi connectivity index (χ3n) is 7.81. The molecule has 0 saturated carbocycles. The first kappa shape index (κ1) is 23.7. The highest BCUT2D eigenvalue weighted by atomic mass is 16.5. The minimum Gasteiger partial charge on any atom is -0.494 e. The van der Waals surface area contributed by atoms with Crippen molar-refractivity contribution in [2.75, 3.05) is 37.7 Å². The highest BCUT2D eigenvalue weighted by Crippen LogP contribution is 2.31. The average Bonchev–Trinajstić information content (AvgIpc) is 3.38. The predicted octanol–water partition coefficient (Wildman–Crippen LogP) is 4.84. The van der Waals surface area contributed by atoms with Gasteiger partial charge in [0.05, 0.1) is 34.8 Å². The van der Waals surface area contributed by atoms with E-state index < -0.39 is 0 Å². The molecule has 4 aromatic rings. The number of hydrogen-bond acceptors (Lipinski definition) is 6. The van der Waals surface area contributed by atoms with Crippen LogP contribution in [0.3, 0.4) is 0 Å². The van der Waals surface area contributed by atoms with Gasteiger partial charge in [0.25, 0.3) is 0 Å². The summed E-state index contributed by atoms with van der Waals surface area (Å²) in [5.41, 5.74) is 3.94. The Balaban J connectivity index is 1.11. The van der Waals surface area contributed by atoms with E-state index in [9.17, 15) is 4.79 Å². The molecule has 2 aliphatic rings. The molecule has 37 heavy (non-hydrogen) atoms. The summed E-state index contributed by atoms with van der Waals surface area (Å²) in [6, 6.07) is 14.1. The van der Waals surface area contributed by atoms with Gasteiger partial charge in [0.2, 0.25) is 11.9 Å². The van der Waals surface area contributed by atoms with Crippen LogP contribution in [-0.2, 0) is 4.79 Å². The lowest BCUT2D eigenvalue weighted by atomic mass is 9.92. The first-order valence-corrected chi connectivity index (χ1v) is 13.5. The van der Waals surface area contributed by atoms with Crippen LogP contribution in [0, 0.1) is 12.8 Å². The van der Waals surface area contributed by atoms with Gasteiger partial charge in [-0.2, -0.15) is 0 Å². The Labute approximate surface area is 217 Å². The Morgan fingerprint density at radius 3 is 2.68 bits per heavy atom. The minimum atomic E-state index is -0.0172. The number of benzene rings is 2. The van der Waals surface area contributed by atoms with Crippen molar-refractivity contribution in [2.45, 2.75) is 45.4 Å². The van der Waals surface area contributed by atoms with E-state index in [1.54, 1.807) is 0 Å². The van der Waals surface area contributed by atoms with Crippen LogP contribution < -0.4 is 9.64 Å². The van der Waals surface area contributed by atoms with Crippen molar-refractivity contribution in [2.24, 2.45) is 5.92 Å². The van der Waals surface area contributed by atoms with Crippen LogP contribution in [0.4, 0.5) is 5.95 Å². The van der Waals surface area contributed by atoms with Gasteiger partial charge in [-0.15, -0.1) is 0 Å². The molecule has 8 nitrogen and oxygen atoms in total. The lowest BCUT2D eigenvalue weighted by Crippen LogP contribution is -2.47. The van der Waals surface area contributed by atoms with E-state index in [-0.39, 0.29) is 11.8 Å². The second kappa shape index (κ2) is 10.00. The number of likely N-dealkylation sites (tertiary alicyclic amines) is 1. The summed E-state index contributed by atoms with van der Waals surface area (Å²) in [6.07, 6.45) is 3.77. The number of carbonyl (C=O) groups excluding carboxylic acids is 1. The zero-order chi connectivity index (χ0) is 25.4.